The Bertz CT molecular complexity index is 1150. The minimum Gasteiger partial charge on any atom is -0.434 e. The second-order valence-corrected chi connectivity index (χ2v) is 10.6. The molecule has 0 bridgehead atoms. The number of hydrogen-bond donors (Lipinski definition) is 5. The van der Waals surface area contributed by atoms with Crippen LogP contribution in [-0.2, 0) is 35.6 Å². The van der Waals surface area contributed by atoms with Crippen LogP contribution in [0.5, 0.6) is 0 Å². The third kappa shape index (κ3) is 5.66. The lowest BCUT2D eigenvalue weighted by molar-refractivity contribution is -0.0945. The molecule has 2 aromatic heterocycles. The normalized spacial score (nSPS) is 25.6. The first-order valence-corrected chi connectivity index (χ1v) is 11.8. The average Bonchev–Trinajstić information content (AvgIpc) is 3.26. The van der Waals surface area contributed by atoms with Crippen molar-refractivity contribution in [2.75, 3.05) is 13.2 Å². The van der Waals surface area contributed by atoms with Crippen molar-refractivity contribution in [1.29, 1.82) is 5.41 Å². The van der Waals surface area contributed by atoms with E-state index < -0.39 is 44.6 Å². The fourth-order valence-electron chi connectivity index (χ4n) is 3.46. The molecule has 34 heavy (non-hydrogen) atoms. The Morgan fingerprint density at radius 1 is 1.29 bits per heavy atom. The molecule has 15 heteroatoms. The molecule has 3 heterocycles. The minimum absolute atomic E-state index is 0.136. The quantitative estimate of drug-likeness (QED) is 0.255. The summed E-state index contributed by atoms with van der Waals surface area (Å²) in [7, 11) is -4.75. The predicted octanol–water partition coefficient (Wildman–Crippen LogP) is 0.217. The highest BCUT2D eigenvalue weighted by atomic mass is 31.2. The number of aliphatic hydroxyl groups excluding tert-OH is 2. The molecule has 0 saturated carbocycles. The summed E-state index contributed by atoms with van der Waals surface area (Å²) in [6, 6.07) is 3.03. The Labute approximate surface area is 194 Å². The largest absolute Gasteiger partial charge is 0.508 e. The molecule has 0 amide bonds. The van der Waals surface area contributed by atoms with Gasteiger partial charge in [-0.1, -0.05) is 20.8 Å². The summed E-state index contributed by atoms with van der Waals surface area (Å²) in [6.07, 6.45) is -3.68. The van der Waals surface area contributed by atoms with Crippen LogP contribution in [0.1, 0.15) is 33.4 Å². The first-order chi connectivity index (χ1) is 15.6. The van der Waals surface area contributed by atoms with E-state index in [2.05, 4.69) is 9.62 Å². The first-order valence-electron chi connectivity index (χ1n) is 10.3. The Hall–Kier alpha value is -2.32. The maximum absolute atomic E-state index is 11.8. The molecule has 1 saturated heterocycles. The molecule has 0 radical (unpaired) electrons. The third-order valence-corrected chi connectivity index (χ3v) is 5.67. The van der Waals surface area contributed by atoms with Gasteiger partial charge in [0.15, 0.2) is 5.49 Å². The lowest BCUT2D eigenvalue weighted by atomic mass is 9.93. The first kappa shape index (κ1) is 26.3. The van der Waals surface area contributed by atoms with Crippen LogP contribution in [0.3, 0.4) is 0 Å². The highest BCUT2D eigenvalue weighted by Crippen LogP contribution is 2.40. The zero-order chi connectivity index (χ0) is 25.5. The summed E-state index contributed by atoms with van der Waals surface area (Å²) in [6.45, 7) is 6.34. The molecule has 2 aromatic rings. The fraction of sp³-hybridized carbons (Fsp3) is 0.632. The van der Waals surface area contributed by atoms with E-state index in [1.54, 1.807) is 0 Å². The van der Waals surface area contributed by atoms with Gasteiger partial charge >= 0.3 is 14.0 Å². The van der Waals surface area contributed by atoms with Gasteiger partial charge in [0.25, 0.3) is 0 Å². The Morgan fingerprint density at radius 3 is 2.59 bits per heavy atom. The van der Waals surface area contributed by atoms with Crippen molar-refractivity contribution in [1.82, 2.24) is 14.2 Å². The lowest BCUT2D eigenvalue weighted by Crippen LogP contribution is -2.40. The van der Waals surface area contributed by atoms with Crippen molar-refractivity contribution >= 4 is 19.5 Å². The zero-order valence-corrected chi connectivity index (χ0v) is 20.0. The number of carbonyl (C=O) groups excluding carboxylic acids is 1. The van der Waals surface area contributed by atoms with E-state index in [0.717, 1.165) is 10.9 Å². The molecule has 1 aliphatic heterocycles. The topological polar surface area (TPSA) is 198 Å². The van der Waals surface area contributed by atoms with Crippen molar-refractivity contribution in [3.63, 3.8) is 0 Å². The zero-order valence-electron chi connectivity index (χ0n) is 19.1. The second-order valence-electron chi connectivity index (χ2n) is 9.32. The lowest BCUT2D eigenvalue weighted by Gasteiger charge is -2.27. The Morgan fingerprint density at radius 2 is 1.97 bits per heavy atom. The van der Waals surface area contributed by atoms with Crippen LogP contribution in [0.4, 0.5) is 4.79 Å². The van der Waals surface area contributed by atoms with Gasteiger partial charge in [-0.15, -0.1) is 0 Å². The smallest absolute Gasteiger partial charge is 0.434 e. The number of nitrogens with one attached hydrogen (secondary N) is 1. The molecule has 0 unspecified atom stereocenters. The van der Waals surface area contributed by atoms with Gasteiger partial charge in [0.05, 0.1) is 12.3 Å². The van der Waals surface area contributed by atoms with Crippen LogP contribution in [-0.4, -0.2) is 71.9 Å². The number of phosphoric acid groups is 1. The summed E-state index contributed by atoms with van der Waals surface area (Å²) < 4.78 is 33.7. The summed E-state index contributed by atoms with van der Waals surface area (Å²) in [5.41, 5.74) is -1.39. The number of fused-ring (bicyclic) bond motifs is 1. The summed E-state index contributed by atoms with van der Waals surface area (Å²) in [4.78, 5) is 29.6. The van der Waals surface area contributed by atoms with E-state index in [4.69, 9.17) is 29.4 Å². The fourth-order valence-corrected chi connectivity index (χ4v) is 3.73. The van der Waals surface area contributed by atoms with E-state index >= 15 is 0 Å². The summed E-state index contributed by atoms with van der Waals surface area (Å²) in [5.74, 6) is 0. The van der Waals surface area contributed by atoms with Gasteiger partial charge in [-0.25, -0.2) is 13.9 Å². The number of ether oxygens (including phenoxy) is 3. The van der Waals surface area contributed by atoms with Crippen LogP contribution in [0, 0.1) is 10.8 Å². The molecule has 0 aromatic carbocycles. The second kappa shape index (κ2) is 9.38. The maximum Gasteiger partial charge on any atom is 0.508 e. The van der Waals surface area contributed by atoms with E-state index in [-0.39, 0.29) is 29.6 Å². The van der Waals surface area contributed by atoms with Crippen LogP contribution < -0.4 is 5.49 Å². The maximum atomic E-state index is 11.8. The summed E-state index contributed by atoms with van der Waals surface area (Å²) in [5, 5.41) is 33.7. The molecule has 4 atom stereocenters. The van der Waals surface area contributed by atoms with Crippen molar-refractivity contribution in [3.05, 3.63) is 29.6 Å². The van der Waals surface area contributed by atoms with Crippen molar-refractivity contribution in [2.45, 2.75) is 58.3 Å². The average molecular weight is 504 g/mol. The Balaban J connectivity index is 1.77. The van der Waals surface area contributed by atoms with Gasteiger partial charge in [0, 0.05) is 0 Å². The van der Waals surface area contributed by atoms with Gasteiger partial charge in [0.2, 0.25) is 0 Å². The number of aliphatic hydroxyl groups is 2. The van der Waals surface area contributed by atoms with Gasteiger partial charge in [0.1, 0.15) is 49.1 Å². The van der Waals surface area contributed by atoms with E-state index in [0.29, 0.717) is 5.69 Å². The SMILES string of the molecule is CC(C)(C)COC(=O)OC[C@H]1O[C@@](C)(c2ccc3c(=N)n(COP(=O)(O)O)cnn23)[C@H](O)[C@@H]1O. The van der Waals surface area contributed by atoms with Gasteiger partial charge < -0.3 is 34.2 Å². The van der Waals surface area contributed by atoms with Gasteiger partial charge in [-0.05, 0) is 24.5 Å². The van der Waals surface area contributed by atoms with Crippen LogP contribution in [0.2, 0.25) is 0 Å². The monoisotopic (exact) mass is 504 g/mol. The van der Waals surface area contributed by atoms with Crippen LogP contribution >= 0.6 is 7.82 Å². The number of rotatable bonds is 7. The molecule has 1 aliphatic rings. The molecule has 14 nitrogen and oxygen atoms in total. The number of hydrogen-bond acceptors (Lipinski definition) is 10. The third-order valence-electron chi connectivity index (χ3n) is 5.22. The highest BCUT2D eigenvalue weighted by Gasteiger charge is 2.54. The number of carbonyl (C=O) groups is 1. The number of nitrogens with zero attached hydrogens (tertiary/aromatic N) is 3. The molecule has 0 spiro atoms. The molecular formula is C19H29N4O10P. The van der Waals surface area contributed by atoms with Crippen LogP contribution in [0.15, 0.2) is 18.5 Å². The van der Waals surface area contributed by atoms with Gasteiger partial charge in [-0.2, -0.15) is 5.10 Å². The van der Waals surface area contributed by atoms with E-state index in [9.17, 15) is 19.6 Å². The molecule has 0 aliphatic carbocycles. The molecular weight excluding hydrogens is 475 g/mol. The van der Waals surface area contributed by atoms with Crippen molar-refractivity contribution in [2.24, 2.45) is 5.41 Å². The number of aromatic nitrogens is 3. The van der Waals surface area contributed by atoms with E-state index in [1.807, 2.05) is 20.8 Å². The van der Waals surface area contributed by atoms with Gasteiger partial charge in [-0.3, -0.25) is 14.5 Å². The Kier molecular flexibility index (Phi) is 7.25. The minimum atomic E-state index is -4.75. The van der Waals surface area contributed by atoms with Crippen molar-refractivity contribution in [3.8, 4) is 0 Å². The standard InChI is InChI=1S/C19H29N4O10P/c1-18(2,3)8-31-17(26)30-7-12-14(24)15(25)19(4,33-12)13-6-5-11-16(20)22(9-21-23(11)13)10-32-34(27,28)29/h5-6,9,12,14-15,20,24-25H,7-8,10H2,1-4H3,(H2,27,28,29)/t12-,14-,15-,19+/m1/s1. The molecule has 1 fully saturated rings. The van der Waals surface area contributed by atoms with Crippen molar-refractivity contribution < 1.29 is 48.1 Å². The summed E-state index contributed by atoms with van der Waals surface area (Å²) >= 11 is 0. The van der Waals surface area contributed by atoms with Crippen LogP contribution in [0.25, 0.3) is 5.52 Å². The predicted molar refractivity (Wildman–Crippen MR) is 113 cm³/mol. The van der Waals surface area contributed by atoms with E-state index in [1.165, 1.54) is 23.6 Å². The molecule has 190 valence electrons. The highest BCUT2D eigenvalue weighted by molar-refractivity contribution is 7.46. The number of phosphoric ester groups is 1. The molecule has 5 N–H and O–H groups in total. The molecule has 3 rings (SSSR count).